The molecule has 5 heterocycles. The minimum atomic E-state index is -0.593. The topological polar surface area (TPSA) is 94.7 Å². The number of allylic oxidation sites excluding steroid dienone is 1. The number of rotatable bonds is 3. The Kier molecular flexibility index (Phi) is 4.90. The van der Waals surface area contributed by atoms with Crippen molar-refractivity contribution in [1.82, 2.24) is 20.1 Å². The van der Waals surface area contributed by atoms with Crippen molar-refractivity contribution < 1.29 is 19.1 Å². The maximum absolute atomic E-state index is 13.2. The summed E-state index contributed by atoms with van der Waals surface area (Å²) in [5, 5.41) is 2.37. The van der Waals surface area contributed by atoms with Crippen LogP contribution in [0.1, 0.15) is 70.5 Å². The normalized spacial score (nSPS) is 24.5. The fourth-order valence-electron chi connectivity index (χ4n) is 6.68. The number of aromatic amines is 1. The second kappa shape index (κ2) is 8.06. The second-order valence-corrected chi connectivity index (χ2v) is 10.9. The first-order chi connectivity index (χ1) is 17.5. The van der Waals surface area contributed by atoms with E-state index in [0.717, 1.165) is 56.6 Å². The van der Waals surface area contributed by atoms with E-state index in [1.165, 1.54) is 22.5 Å². The first-order valence-electron chi connectivity index (χ1n) is 13.0. The summed E-state index contributed by atoms with van der Waals surface area (Å²) in [5.74, 6) is 0.0161. The Morgan fingerprint density at radius 1 is 1.06 bits per heavy atom. The van der Waals surface area contributed by atoms with Crippen LogP contribution in [-0.2, 0) is 34.5 Å². The van der Waals surface area contributed by atoms with Crippen molar-refractivity contribution in [2.75, 3.05) is 19.7 Å². The average Bonchev–Trinajstić information content (AvgIpc) is 3.53. The number of piperidine rings is 2. The maximum Gasteiger partial charge on any atom is 0.255 e. The molecule has 0 bridgehead atoms. The molecule has 3 amide bonds. The molecule has 4 aliphatic heterocycles. The maximum atomic E-state index is 13.2. The molecule has 1 spiro atoms. The molecule has 8 heteroatoms. The Balaban J connectivity index is 1.07. The summed E-state index contributed by atoms with van der Waals surface area (Å²) in [6, 6.07) is 5.77. The average molecular weight is 487 g/mol. The van der Waals surface area contributed by atoms with E-state index in [-0.39, 0.29) is 29.6 Å². The smallest absolute Gasteiger partial charge is 0.255 e. The molecule has 1 atom stereocenters. The van der Waals surface area contributed by atoms with Gasteiger partial charge in [0, 0.05) is 47.4 Å². The molecule has 2 saturated heterocycles. The number of imide groups is 1. The summed E-state index contributed by atoms with van der Waals surface area (Å²) in [7, 11) is 0. The summed E-state index contributed by atoms with van der Waals surface area (Å²) in [6.07, 6.45) is 9.35. The highest BCUT2D eigenvalue weighted by Gasteiger charge is 2.46. The molecular weight excluding hydrogens is 456 g/mol. The van der Waals surface area contributed by atoms with Gasteiger partial charge in [0.2, 0.25) is 11.8 Å². The van der Waals surface area contributed by atoms with Gasteiger partial charge in [-0.2, -0.15) is 0 Å². The largest absolute Gasteiger partial charge is 0.492 e. The minimum Gasteiger partial charge on any atom is -0.492 e. The van der Waals surface area contributed by atoms with Crippen molar-refractivity contribution in [2.45, 2.75) is 63.1 Å². The SMILES string of the molecule is O=C1CCC(N2Cc3cc4c(cc3C2=O)OCC42CCN(Cc3cc4c([nH]3)C=CCC4)CC2)C(=O)N1. The number of hydrogen-bond donors (Lipinski definition) is 2. The Morgan fingerprint density at radius 2 is 1.92 bits per heavy atom. The fourth-order valence-corrected chi connectivity index (χ4v) is 6.68. The molecule has 1 unspecified atom stereocenters. The highest BCUT2D eigenvalue weighted by molar-refractivity contribution is 6.05. The number of amides is 3. The zero-order valence-corrected chi connectivity index (χ0v) is 20.3. The lowest BCUT2D eigenvalue weighted by atomic mass is 9.74. The van der Waals surface area contributed by atoms with Crippen molar-refractivity contribution in [2.24, 2.45) is 0 Å². The number of H-pyrrole nitrogens is 1. The summed E-state index contributed by atoms with van der Waals surface area (Å²) in [4.78, 5) is 44.8. The van der Waals surface area contributed by atoms with E-state index in [0.29, 0.717) is 25.1 Å². The van der Waals surface area contributed by atoms with Crippen molar-refractivity contribution in [1.29, 1.82) is 0 Å². The van der Waals surface area contributed by atoms with E-state index in [1.807, 2.05) is 6.07 Å². The number of aryl methyl sites for hydroxylation is 1. The number of aromatic nitrogens is 1. The predicted molar refractivity (Wildman–Crippen MR) is 132 cm³/mol. The van der Waals surface area contributed by atoms with Gasteiger partial charge in [0.15, 0.2) is 0 Å². The molecule has 0 saturated carbocycles. The van der Waals surface area contributed by atoms with Gasteiger partial charge in [-0.05, 0) is 80.6 Å². The monoisotopic (exact) mass is 486 g/mol. The van der Waals surface area contributed by atoms with Crippen molar-refractivity contribution in [3.8, 4) is 5.75 Å². The summed E-state index contributed by atoms with van der Waals surface area (Å²) < 4.78 is 6.16. The molecule has 36 heavy (non-hydrogen) atoms. The summed E-state index contributed by atoms with van der Waals surface area (Å²) in [6.45, 7) is 4.00. The van der Waals surface area contributed by atoms with E-state index in [2.05, 4.69) is 39.5 Å². The third-order valence-electron chi connectivity index (χ3n) is 8.76. The van der Waals surface area contributed by atoms with E-state index in [9.17, 15) is 14.4 Å². The number of nitrogens with one attached hydrogen (secondary N) is 2. The predicted octanol–water partition coefficient (Wildman–Crippen LogP) is 2.66. The van der Waals surface area contributed by atoms with Gasteiger partial charge in [-0.25, -0.2) is 0 Å². The van der Waals surface area contributed by atoms with Crippen molar-refractivity contribution in [3.63, 3.8) is 0 Å². The number of likely N-dealkylation sites (tertiary alicyclic amines) is 1. The van der Waals surface area contributed by atoms with Crippen molar-refractivity contribution in [3.05, 3.63) is 57.9 Å². The number of benzene rings is 1. The van der Waals surface area contributed by atoms with Crippen LogP contribution < -0.4 is 10.1 Å². The number of hydrogen-bond acceptors (Lipinski definition) is 5. The molecule has 2 N–H and O–H groups in total. The second-order valence-electron chi connectivity index (χ2n) is 10.9. The van der Waals surface area contributed by atoms with Gasteiger partial charge in [0.1, 0.15) is 11.8 Å². The van der Waals surface area contributed by atoms with Crippen LogP contribution in [0.15, 0.2) is 24.3 Å². The van der Waals surface area contributed by atoms with Gasteiger partial charge in [0.05, 0.1) is 6.61 Å². The number of ether oxygens (including phenoxy) is 1. The van der Waals surface area contributed by atoms with Crippen LogP contribution in [0.5, 0.6) is 5.75 Å². The number of fused-ring (bicyclic) bond motifs is 4. The molecule has 1 aliphatic carbocycles. The molecule has 7 rings (SSSR count). The van der Waals surface area contributed by atoms with Gasteiger partial charge in [-0.15, -0.1) is 0 Å². The van der Waals surface area contributed by atoms with Crippen LogP contribution in [0.4, 0.5) is 0 Å². The molecule has 1 aromatic carbocycles. The first kappa shape index (κ1) is 21.9. The Labute approximate surface area is 209 Å². The van der Waals surface area contributed by atoms with Crippen LogP contribution in [-0.4, -0.2) is 58.2 Å². The molecular formula is C28H30N4O4. The minimum absolute atomic E-state index is 0.0241. The molecule has 0 radical (unpaired) electrons. The lowest BCUT2D eigenvalue weighted by Crippen LogP contribution is -2.52. The van der Waals surface area contributed by atoms with Gasteiger partial charge < -0.3 is 14.6 Å². The summed E-state index contributed by atoms with van der Waals surface area (Å²) >= 11 is 0. The molecule has 5 aliphatic rings. The molecule has 186 valence electrons. The molecule has 2 aromatic rings. The zero-order valence-electron chi connectivity index (χ0n) is 20.3. The van der Waals surface area contributed by atoms with Gasteiger partial charge in [-0.1, -0.05) is 6.08 Å². The lowest BCUT2D eigenvalue weighted by Gasteiger charge is -2.38. The number of carbonyl (C=O) groups is 3. The Hall–Kier alpha value is -3.39. The fraction of sp³-hybridized carbons (Fsp3) is 0.464. The Morgan fingerprint density at radius 3 is 2.72 bits per heavy atom. The molecule has 8 nitrogen and oxygen atoms in total. The van der Waals surface area contributed by atoms with Crippen LogP contribution in [0.25, 0.3) is 6.08 Å². The summed E-state index contributed by atoms with van der Waals surface area (Å²) in [5.41, 5.74) is 6.74. The number of nitrogens with zero attached hydrogens (tertiary/aromatic N) is 2. The van der Waals surface area contributed by atoms with Crippen LogP contribution in [0, 0.1) is 0 Å². The van der Waals surface area contributed by atoms with Crippen molar-refractivity contribution >= 4 is 23.8 Å². The Bertz CT molecular complexity index is 1320. The van der Waals surface area contributed by atoms with Gasteiger partial charge in [0.25, 0.3) is 5.91 Å². The van der Waals surface area contributed by atoms with Gasteiger partial charge in [-0.3, -0.25) is 24.6 Å². The third kappa shape index (κ3) is 3.42. The highest BCUT2D eigenvalue weighted by Crippen LogP contribution is 2.48. The van der Waals surface area contributed by atoms with E-state index >= 15 is 0 Å². The van der Waals surface area contributed by atoms with E-state index < -0.39 is 6.04 Å². The quantitative estimate of drug-likeness (QED) is 0.651. The lowest BCUT2D eigenvalue weighted by molar-refractivity contribution is -0.136. The van der Waals surface area contributed by atoms with Crippen LogP contribution in [0.2, 0.25) is 0 Å². The molecule has 2 fully saturated rings. The van der Waals surface area contributed by atoms with Crippen LogP contribution in [0.3, 0.4) is 0 Å². The standard InChI is InChI=1S/C28H30N4O4/c33-25-6-5-23(26(34)30-25)32-14-18-12-21-24(13-20(18)27(32)35)36-16-28(21)7-9-31(10-8-28)15-19-11-17-3-1-2-4-22(17)29-19/h2,4,11-13,23,29H,1,3,5-10,14-16H2,(H,30,33,34). The zero-order chi connectivity index (χ0) is 24.4. The highest BCUT2D eigenvalue weighted by atomic mass is 16.5. The van der Waals surface area contributed by atoms with Gasteiger partial charge >= 0.3 is 0 Å². The third-order valence-corrected chi connectivity index (χ3v) is 8.76. The van der Waals surface area contributed by atoms with E-state index in [1.54, 1.807) is 4.90 Å². The molecule has 1 aromatic heterocycles. The first-order valence-corrected chi connectivity index (χ1v) is 13.0. The number of carbonyl (C=O) groups excluding carboxylic acids is 3. The van der Waals surface area contributed by atoms with E-state index in [4.69, 9.17) is 4.74 Å². The van der Waals surface area contributed by atoms with Crippen LogP contribution >= 0.6 is 0 Å².